The highest BCUT2D eigenvalue weighted by Gasteiger charge is 2.46. The number of carbonyl (C=O) groups excluding carboxylic acids is 2. The summed E-state index contributed by atoms with van der Waals surface area (Å²) in [6.07, 6.45) is 17.5. The summed E-state index contributed by atoms with van der Waals surface area (Å²) in [7, 11) is 3.13. The highest BCUT2D eigenvalue weighted by molar-refractivity contribution is 6.46. The van der Waals surface area contributed by atoms with Crippen molar-refractivity contribution in [1.29, 1.82) is 0 Å². The van der Waals surface area contributed by atoms with Crippen molar-refractivity contribution in [2.24, 2.45) is 0 Å². The van der Waals surface area contributed by atoms with Gasteiger partial charge in [0.2, 0.25) is 0 Å². The molecule has 1 aliphatic rings. The molecule has 230 valence electrons. The largest absolute Gasteiger partial charge is 0.507 e. The molecular formula is C36H51NO5. The van der Waals surface area contributed by atoms with Gasteiger partial charge < -0.3 is 19.5 Å². The average Bonchev–Trinajstić information content (AvgIpc) is 3.25. The van der Waals surface area contributed by atoms with Crippen molar-refractivity contribution in [3.8, 4) is 11.5 Å². The molecule has 6 heteroatoms. The van der Waals surface area contributed by atoms with Crippen LogP contribution in [0, 0.1) is 6.92 Å². The molecule has 1 aliphatic heterocycles. The van der Waals surface area contributed by atoms with Crippen molar-refractivity contribution in [3.63, 3.8) is 0 Å². The van der Waals surface area contributed by atoms with Crippen LogP contribution in [0.5, 0.6) is 11.5 Å². The Bertz CT molecular complexity index is 1170. The van der Waals surface area contributed by atoms with E-state index in [9.17, 15) is 14.7 Å². The second-order valence-corrected chi connectivity index (χ2v) is 11.6. The zero-order valence-corrected chi connectivity index (χ0v) is 26.3. The number of rotatable bonds is 19. The number of hydrogen-bond donors (Lipinski definition) is 1. The third-order valence-electron chi connectivity index (χ3n) is 8.35. The number of nitrogens with zero attached hydrogens (tertiary/aromatic N) is 1. The Morgan fingerprint density at radius 2 is 1.31 bits per heavy atom. The van der Waals surface area contributed by atoms with Gasteiger partial charge in [-0.15, -0.1) is 0 Å². The maximum atomic E-state index is 13.4. The first-order valence-corrected chi connectivity index (χ1v) is 16.0. The number of likely N-dealkylation sites (tertiary alicyclic amines) is 1. The van der Waals surface area contributed by atoms with Crippen molar-refractivity contribution in [2.45, 2.75) is 110 Å². The van der Waals surface area contributed by atoms with E-state index in [1.54, 1.807) is 43.4 Å². The number of aliphatic hydroxyl groups is 1. The van der Waals surface area contributed by atoms with Crippen LogP contribution in [-0.2, 0) is 9.59 Å². The Morgan fingerprint density at radius 3 is 1.83 bits per heavy atom. The maximum Gasteiger partial charge on any atom is 0.295 e. The summed E-state index contributed by atoms with van der Waals surface area (Å²) < 4.78 is 11.0. The van der Waals surface area contributed by atoms with Gasteiger partial charge in [-0.1, -0.05) is 120 Å². The molecular weight excluding hydrogens is 526 g/mol. The number of ketones is 1. The van der Waals surface area contributed by atoms with Crippen LogP contribution in [0.1, 0.15) is 120 Å². The SMILES string of the molecule is CCCCCCCCCCCCCCCCN1C(=O)C(=O)/C(=C(/O)c2ccc(C)cc2)[C@H]1c1ccc(OC)cc1OC. The van der Waals surface area contributed by atoms with Gasteiger partial charge in [-0.2, -0.15) is 0 Å². The van der Waals surface area contributed by atoms with E-state index in [1.807, 2.05) is 25.1 Å². The molecule has 1 atom stereocenters. The number of amides is 1. The van der Waals surface area contributed by atoms with Gasteiger partial charge in [0.15, 0.2) is 0 Å². The van der Waals surface area contributed by atoms with Gasteiger partial charge in [-0.25, -0.2) is 0 Å². The van der Waals surface area contributed by atoms with Gasteiger partial charge in [-0.05, 0) is 25.5 Å². The number of unbranched alkanes of at least 4 members (excludes halogenated alkanes) is 13. The topological polar surface area (TPSA) is 76.1 Å². The summed E-state index contributed by atoms with van der Waals surface area (Å²) in [4.78, 5) is 28.3. The molecule has 2 aromatic rings. The number of aryl methyl sites for hydroxylation is 1. The number of carbonyl (C=O) groups is 2. The highest BCUT2D eigenvalue weighted by atomic mass is 16.5. The second kappa shape index (κ2) is 17.6. The molecule has 0 radical (unpaired) electrons. The molecule has 0 aliphatic carbocycles. The van der Waals surface area contributed by atoms with Crippen LogP contribution in [0.3, 0.4) is 0 Å². The maximum absolute atomic E-state index is 13.4. The summed E-state index contributed by atoms with van der Waals surface area (Å²) in [6, 6.07) is 11.9. The van der Waals surface area contributed by atoms with E-state index in [2.05, 4.69) is 6.92 Å². The summed E-state index contributed by atoms with van der Waals surface area (Å²) >= 11 is 0. The van der Waals surface area contributed by atoms with E-state index >= 15 is 0 Å². The lowest BCUT2D eigenvalue weighted by Crippen LogP contribution is -2.31. The predicted octanol–water partition coefficient (Wildman–Crippen LogP) is 8.92. The van der Waals surface area contributed by atoms with Crippen molar-refractivity contribution >= 4 is 17.4 Å². The third kappa shape index (κ3) is 9.11. The van der Waals surface area contributed by atoms with E-state index in [0.29, 0.717) is 29.2 Å². The van der Waals surface area contributed by atoms with Crippen molar-refractivity contribution in [2.75, 3.05) is 20.8 Å². The number of benzene rings is 2. The zero-order valence-electron chi connectivity index (χ0n) is 26.3. The Balaban J connectivity index is 1.63. The third-order valence-corrected chi connectivity index (χ3v) is 8.35. The molecule has 42 heavy (non-hydrogen) atoms. The number of ether oxygens (including phenoxy) is 2. The number of Topliss-reactive ketones (excluding diaryl/α,β-unsaturated/α-hetero) is 1. The van der Waals surface area contributed by atoms with E-state index in [1.165, 1.54) is 70.6 Å². The Kier molecular flexibility index (Phi) is 13.9. The Labute approximate surface area is 253 Å². The van der Waals surface area contributed by atoms with E-state index in [4.69, 9.17) is 9.47 Å². The number of hydrogen-bond acceptors (Lipinski definition) is 5. The summed E-state index contributed by atoms with van der Waals surface area (Å²) in [5, 5.41) is 11.3. The predicted molar refractivity (Wildman–Crippen MR) is 170 cm³/mol. The Morgan fingerprint density at radius 1 is 0.762 bits per heavy atom. The molecule has 1 heterocycles. The lowest BCUT2D eigenvalue weighted by atomic mass is 9.94. The molecule has 1 saturated heterocycles. The van der Waals surface area contributed by atoms with Crippen LogP contribution >= 0.6 is 0 Å². The monoisotopic (exact) mass is 577 g/mol. The van der Waals surface area contributed by atoms with Crippen LogP contribution in [-0.4, -0.2) is 42.5 Å². The highest BCUT2D eigenvalue weighted by Crippen LogP contribution is 2.43. The fourth-order valence-electron chi connectivity index (χ4n) is 5.82. The first-order chi connectivity index (χ1) is 20.4. The lowest BCUT2D eigenvalue weighted by Gasteiger charge is -2.27. The minimum Gasteiger partial charge on any atom is -0.507 e. The van der Waals surface area contributed by atoms with Gasteiger partial charge in [0.25, 0.3) is 11.7 Å². The summed E-state index contributed by atoms with van der Waals surface area (Å²) in [5.41, 5.74) is 2.29. The molecule has 0 spiro atoms. The second-order valence-electron chi connectivity index (χ2n) is 11.6. The van der Waals surface area contributed by atoms with Crippen LogP contribution in [0.2, 0.25) is 0 Å². The molecule has 6 nitrogen and oxygen atoms in total. The van der Waals surface area contributed by atoms with Crippen molar-refractivity contribution in [1.82, 2.24) is 4.90 Å². The van der Waals surface area contributed by atoms with E-state index < -0.39 is 17.7 Å². The van der Waals surface area contributed by atoms with Gasteiger partial charge in [0.05, 0.1) is 25.8 Å². The lowest BCUT2D eigenvalue weighted by molar-refractivity contribution is -0.139. The van der Waals surface area contributed by atoms with E-state index in [-0.39, 0.29) is 11.3 Å². The molecule has 1 fully saturated rings. The van der Waals surface area contributed by atoms with Gasteiger partial charge in [0.1, 0.15) is 17.3 Å². The van der Waals surface area contributed by atoms with Crippen LogP contribution in [0.15, 0.2) is 48.0 Å². The first kappa shape index (κ1) is 33.2. The summed E-state index contributed by atoms with van der Waals surface area (Å²) in [5.74, 6) is -0.303. The van der Waals surface area contributed by atoms with Crippen molar-refractivity contribution in [3.05, 3.63) is 64.7 Å². The molecule has 0 unspecified atom stereocenters. The molecule has 1 N–H and O–H groups in total. The van der Waals surface area contributed by atoms with Crippen LogP contribution in [0.25, 0.3) is 5.76 Å². The molecule has 3 rings (SSSR count). The van der Waals surface area contributed by atoms with E-state index in [0.717, 1.165) is 24.8 Å². The fourth-order valence-corrected chi connectivity index (χ4v) is 5.82. The number of methoxy groups -OCH3 is 2. The van der Waals surface area contributed by atoms with Gasteiger partial charge in [0, 0.05) is 23.7 Å². The van der Waals surface area contributed by atoms with Crippen LogP contribution in [0.4, 0.5) is 0 Å². The van der Waals surface area contributed by atoms with Gasteiger partial charge in [-0.3, -0.25) is 9.59 Å². The minimum absolute atomic E-state index is 0.0951. The molecule has 1 amide bonds. The smallest absolute Gasteiger partial charge is 0.295 e. The normalized spacial score (nSPS) is 16.3. The molecule has 0 saturated carbocycles. The Hall–Kier alpha value is -3.28. The molecule has 0 aromatic heterocycles. The average molecular weight is 578 g/mol. The first-order valence-electron chi connectivity index (χ1n) is 16.0. The zero-order chi connectivity index (χ0) is 30.3. The minimum atomic E-state index is -0.742. The molecule has 0 bridgehead atoms. The number of aliphatic hydroxyl groups excluding tert-OH is 1. The quantitative estimate of drug-likeness (QED) is 0.0781. The van der Waals surface area contributed by atoms with Gasteiger partial charge >= 0.3 is 0 Å². The standard InChI is InChI=1S/C36H51NO5/c1-5-6-7-8-9-10-11-12-13-14-15-16-17-18-25-37-33(30-24-23-29(41-3)26-31(30)42-4)32(35(39)36(37)40)34(38)28-21-19-27(2)20-22-28/h19-24,26,33,38H,5-18,25H2,1-4H3/b34-32+/t33-/m1/s1. The van der Waals surface area contributed by atoms with Crippen molar-refractivity contribution < 1.29 is 24.2 Å². The summed E-state index contributed by atoms with van der Waals surface area (Å²) in [6.45, 7) is 4.66. The fraction of sp³-hybridized carbons (Fsp3) is 0.556. The molecule has 2 aromatic carbocycles. The van der Waals surface area contributed by atoms with Crippen LogP contribution < -0.4 is 9.47 Å².